The number of ketones is 1. The van der Waals surface area contributed by atoms with Gasteiger partial charge in [-0.3, -0.25) is 19.3 Å². The molecule has 0 spiro atoms. The largest absolute Gasteiger partial charge is 0.299 e. The van der Waals surface area contributed by atoms with Crippen LogP contribution in [0.2, 0.25) is 0 Å². The highest BCUT2D eigenvalue weighted by molar-refractivity contribution is 7.90. The third-order valence-corrected chi connectivity index (χ3v) is 6.77. The van der Waals surface area contributed by atoms with E-state index >= 15 is 0 Å². The highest BCUT2D eigenvalue weighted by Crippen LogP contribution is 2.26. The molecule has 0 unspecified atom stereocenters. The average Bonchev–Trinajstić information content (AvgIpc) is 3.12. The summed E-state index contributed by atoms with van der Waals surface area (Å²) in [7, 11) is -2.47. The van der Waals surface area contributed by atoms with Crippen LogP contribution in [0.25, 0.3) is 10.9 Å². The van der Waals surface area contributed by atoms with Crippen molar-refractivity contribution in [2.45, 2.75) is 37.5 Å². The van der Waals surface area contributed by atoms with Gasteiger partial charge in [0, 0.05) is 24.5 Å². The van der Waals surface area contributed by atoms with Gasteiger partial charge < -0.3 is 0 Å². The minimum Gasteiger partial charge on any atom is -0.299 e. The Morgan fingerprint density at radius 1 is 0.935 bits per heavy atom. The summed E-state index contributed by atoms with van der Waals surface area (Å²) in [6.45, 7) is 1.29. The molecule has 0 saturated carbocycles. The van der Waals surface area contributed by atoms with E-state index in [4.69, 9.17) is 0 Å². The van der Waals surface area contributed by atoms with E-state index in [2.05, 4.69) is 0 Å². The predicted molar refractivity (Wildman–Crippen MR) is 117 cm³/mol. The van der Waals surface area contributed by atoms with Crippen molar-refractivity contribution in [2.75, 3.05) is 7.05 Å². The maximum Gasteiger partial charge on any atom is 0.268 e. The molecule has 0 aliphatic rings. The first-order valence-electron chi connectivity index (χ1n) is 9.90. The molecule has 2 amide bonds. The van der Waals surface area contributed by atoms with E-state index in [0.717, 1.165) is 10.3 Å². The van der Waals surface area contributed by atoms with Gasteiger partial charge in [-0.2, -0.15) is 0 Å². The number of hydrogen-bond acceptors (Lipinski definition) is 5. The molecule has 8 heteroatoms. The number of hydrogen-bond donors (Lipinski definition) is 0. The first-order valence-corrected chi connectivity index (χ1v) is 11.3. The zero-order valence-corrected chi connectivity index (χ0v) is 18.3. The second-order valence-electron chi connectivity index (χ2n) is 7.36. The van der Waals surface area contributed by atoms with Gasteiger partial charge in [-0.15, -0.1) is 0 Å². The smallest absolute Gasteiger partial charge is 0.268 e. The number of carbonyl (C=O) groups excluding carboxylic acids is 3. The van der Waals surface area contributed by atoms with Gasteiger partial charge in [0.1, 0.15) is 5.78 Å². The molecule has 0 bridgehead atoms. The van der Waals surface area contributed by atoms with Crippen LogP contribution in [0.5, 0.6) is 0 Å². The molecule has 0 N–H and O–H groups in total. The quantitative estimate of drug-likeness (QED) is 0.502. The first kappa shape index (κ1) is 22.4. The third-order valence-electron chi connectivity index (χ3n) is 4.99. The Kier molecular flexibility index (Phi) is 6.70. The fourth-order valence-electron chi connectivity index (χ4n) is 3.40. The molecule has 0 aliphatic carbocycles. The van der Waals surface area contributed by atoms with E-state index < -0.39 is 21.8 Å². The lowest BCUT2D eigenvalue weighted by Gasteiger charge is -2.15. The molecule has 7 nitrogen and oxygen atoms in total. The van der Waals surface area contributed by atoms with Crippen LogP contribution in [0.1, 0.15) is 31.9 Å². The van der Waals surface area contributed by atoms with Gasteiger partial charge in [0.15, 0.2) is 0 Å². The van der Waals surface area contributed by atoms with Crippen molar-refractivity contribution in [3.05, 3.63) is 66.4 Å². The van der Waals surface area contributed by atoms with Gasteiger partial charge in [0.25, 0.3) is 10.0 Å². The van der Waals surface area contributed by atoms with E-state index in [1.54, 1.807) is 42.5 Å². The lowest BCUT2D eigenvalue weighted by molar-refractivity contribution is -0.144. The molecule has 0 atom stereocenters. The molecule has 0 fully saturated rings. The Bertz CT molecular complexity index is 1230. The normalized spacial score (nSPS) is 11.4. The summed E-state index contributed by atoms with van der Waals surface area (Å²) in [6.07, 6.45) is 0.442. The van der Waals surface area contributed by atoms with Crippen LogP contribution < -0.4 is 0 Å². The van der Waals surface area contributed by atoms with E-state index in [9.17, 15) is 22.8 Å². The van der Waals surface area contributed by atoms with Crippen molar-refractivity contribution in [3.63, 3.8) is 0 Å². The molecule has 0 aliphatic heterocycles. The lowest BCUT2D eigenvalue weighted by atomic mass is 10.1. The molecular formula is C23H24N2O5S. The molecule has 0 saturated heterocycles. The van der Waals surface area contributed by atoms with Crippen LogP contribution in [0.4, 0.5) is 0 Å². The molecule has 0 radical (unpaired) electrons. The number of carbonyl (C=O) groups is 3. The zero-order chi connectivity index (χ0) is 22.6. The highest BCUT2D eigenvalue weighted by atomic mass is 32.2. The number of rotatable bonds is 8. The van der Waals surface area contributed by atoms with Crippen LogP contribution >= 0.6 is 0 Å². The van der Waals surface area contributed by atoms with Gasteiger partial charge in [-0.25, -0.2) is 12.4 Å². The molecule has 31 heavy (non-hydrogen) atoms. The standard InChI is InChI=1S/C23H24N2O5S/c1-17(26)15-23(28)24(2)22(27)14-8-10-19-16-18-9-6-7-13-21(18)25(19)31(29,30)20-11-4-3-5-12-20/h3-7,9,11-13,16H,8,10,14-15H2,1-2H3. The van der Waals surface area contributed by atoms with Crippen molar-refractivity contribution >= 4 is 38.5 Å². The zero-order valence-electron chi connectivity index (χ0n) is 17.4. The average molecular weight is 441 g/mol. The van der Waals surface area contributed by atoms with Crippen LogP contribution in [0.15, 0.2) is 65.6 Å². The number of fused-ring (bicyclic) bond motifs is 1. The summed E-state index contributed by atoms with van der Waals surface area (Å²) in [4.78, 5) is 36.4. The number of amides is 2. The van der Waals surface area contributed by atoms with Crippen molar-refractivity contribution < 1.29 is 22.8 Å². The summed E-state index contributed by atoms with van der Waals surface area (Å²) in [5, 5.41) is 0.789. The van der Waals surface area contributed by atoms with Crippen LogP contribution in [-0.4, -0.2) is 41.9 Å². The summed E-state index contributed by atoms with van der Waals surface area (Å²) >= 11 is 0. The minimum atomic E-state index is -3.82. The molecule has 3 aromatic rings. The van der Waals surface area contributed by atoms with E-state index in [0.29, 0.717) is 24.1 Å². The van der Waals surface area contributed by atoms with Gasteiger partial charge >= 0.3 is 0 Å². The summed E-state index contributed by atoms with van der Waals surface area (Å²) in [5.74, 6) is -1.25. The molecule has 162 valence electrons. The number of benzene rings is 2. The number of aromatic nitrogens is 1. The van der Waals surface area contributed by atoms with Crippen LogP contribution in [0.3, 0.4) is 0 Å². The number of imide groups is 1. The lowest BCUT2D eigenvalue weighted by Crippen LogP contribution is -2.34. The third kappa shape index (κ3) is 4.91. The Morgan fingerprint density at radius 2 is 1.58 bits per heavy atom. The van der Waals surface area contributed by atoms with Crippen molar-refractivity contribution in [1.82, 2.24) is 8.87 Å². The second-order valence-corrected chi connectivity index (χ2v) is 9.14. The molecular weight excluding hydrogens is 416 g/mol. The second kappa shape index (κ2) is 9.26. The molecule has 1 aromatic heterocycles. The van der Waals surface area contributed by atoms with Gasteiger partial charge in [0.2, 0.25) is 11.8 Å². The van der Waals surface area contributed by atoms with E-state index in [-0.39, 0.29) is 23.5 Å². The minimum absolute atomic E-state index is 0.0626. The monoisotopic (exact) mass is 440 g/mol. The summed E-state index contributed by atoms with van der Waals surface area (Å²) in [6, 6.07) is 17.2. The van der Waals surface area contributed by atoms with E-state index in [1.165, 1.54) is 17.9 Å². The van der Waals surface area contributed by atoms with Crippen molar-refractivity contribution in [3.8, 4) is 0 Å². The molecule has 3 rings (SSSR count). The SMILES string of the molecule is CC(=O)CC(=O)N(C)C(=O)CCCc1cc2ccccc2n1S(=O)(=O)c1ccccc1. The first-order chi connectivity index (χ1) is 14.7. The summed E-state index contributed by atoms with van der Waals surface area (Å²) in [5.41, 5.74) is 1.14. The Balaban J connectivity index is 1.84. The molecule has 2 aromatic carbocycles. The van der Waals surface area contributed by atoms with Gasteiger partial charge in [-0.1, -0.05) is 36.4 Å². The fourth-order valence-corrected chi connectivity index (χ4v) is 4.99. The van der Waals surface area contributed by atoms with Gasteiger partial charge in [0.05, 0.1) is 16.8 Å². The number of aryl methyl sites for hydroxylation is 1. The number of nitrogens with zero attached hydrogens (tertiary/aromatic N) is 2. The fraction of sp³-hybridized carbons (Fsp3) is 0.261. The number of para-hydroxylation sites is 1. The van der Waals surface area contributed by atoms with Gasteiger partial charge in [-0.05, 0) is 44.0 Å². The highest BCUT2D eigenvalue weighted by Gasteiger charge is 2.23. The van der Waals surface area contributed by atoms with Crippen molar-refractivity contribution in [1.29, 1.82) is 0 Å². The predicted octanol–water partition coefficient (Wildman–Crippen LogP) is 3.17. The maximum atomic E-state index is 13.3. The van der Waals surface area contributed by atoms with E-state index in [1.807, 2.05) is 18.2 Å². The topological polar surface area (TPSA) is 93.5 Å². The Labute approximate surface area is 181 Å². The maximum absolute atomic E-state index is 13.3. The summed E-state index contributed by atoms with van der Waals surface area (Å²) < 4.78 is 28.0. The van der Waals surface area contributed by atoms with Crippen LogP contribution in [-0.2, 0) is 30.8 Å². The Morgan fingerprint density at radius 3 is 2.26 bits per heavy atom. The molecule has 1 heterocycles. The van der Waals surface area contributed by atoms with Crippen molar-refractivity contribution in [2.24, 2.45) is 0 Å². The number of Topliss-reactive ketones (excluding diaryl/α,β-unsaturated/α-hetero) is 1. The Hall–Kier alpha value is -3.26. The van der Waals surface area contributed by atoms with Crippen LogP contribution in [0, 0.1) is 0 Å².